The molecule has 24 heavy (non-hydrogen) atoms. The molecule has 3 rings (SSSR count). The van der Waals surface area contributed by atoms with E-state index in [9.17, 15) is 9.59 Å². The van der Waals surface area contributed by atoms with Gasteiger partial charge in [0.15, 0.2) is 0 Å². The lowest BCUT2D eigenvalue weighted by atomic mass is 9.96. The van der Waals surface area contributed by atoms with E-state index in [2.05, 4.69) is 10.6 Å². The van der Waals surface area contributed by atoms with Crippen molar-refractivity contribution in [3.05, 3.63) is 35.9 Å². The summed E-state index contributed by atoms with van der Waals surface area (Å²) in [6.45, 7) is 1.39. The number of carbonyl (C=O) groups excluding carboxylic acids is 2. The topological polar surface area (TPSA) is 61.4 Å². The summed E-state index contributed by atoms with van der Waals surface area (Å²) in [4.78, 5) is 26.4. The molecule has 2 fully saturated rings. The van der Waals surface area contributed by atoms with Gasteiger partial charge < -0.3 is 15.5 Å². The van der Waals surface area contributed by atoms with Crippen molar-refractivity contribution in [3.63, 3.8) is 0 Å². The second-order valence-electron chi connectivity index (χ2n) is 6.89. The molecule has 5 nitrogen and oxygen atoms in total. The highest BCUT2D eigenvalue weighted by atomic mass is 16.2. The van der Waals surface area contributed by atoms with Crippen molar-refractivity contribution in [1.29, 1.82) is 0 Å². The maximum atomic E-state index is 12.4. The van der Waals surface area contributed by atoms with Gasteiger partial charge in [0.05, 0.1) is 0 Å². The molecule has 1 aromatic rings. The van der Waals surface area contributed by atoms with Gasteiger partial charge in [-0.25, -0.2) is 4.79 Å². The first-order valence-electron chi connectivity index (χ1n) is 9.14. The third kappa shape index (κ3) is 4.49. The van der Waals surface area contributed by atoms with Crippen LogP contribution in [0.2, 0.25) is 0 Å². The van der Waals surface area contributed by atoms with Gasteiger partial charge in [-0.1, -0.05) is 37.5 Å². The predicted molar refractivity (Wildman–Crippen MR) is 93.9 cm³/mol. The number of likely N-dealkylation sites (tertiary alicyclic amines) is 1. The lowest BCUT2D eigenvalue weighted by molar-refractivity contribution is 0.0708. The van der Waals surface area contributed by atoms with Crippen LogP contribution in [0.5, 0.6) is 0 Å². The Kier molecular flexibility index (Phi) is 5.72. The SMILES string of the molecule is O=C(NC1CCCCC1)NC1CCN(C(=O)c2ccccc2)CC1. The van der Waals surface area contributed by atoms with Crippen LogP contribution < -0.4 is 10.6 Å². The number of urea groups is 1. The number of nitrogens with one attached hydrogen (secondary N) is 2. The predicted octanol–water partition coefficient (Wildman–Crippen LogP) is 2.92. The van der Waals surface area contributed by atoms with Gasteiger partial charge in [-0.3, -0.25) is 4.79 Å². The van der Waals surface area contributed by atoms with Crippen LogP contribution in [-0.2, 0) is 0 Å². The van der Waals surface area contributed by atoms with E-state index in [4.69, 9.17) is 0 Å². The van der Waals surface area contributed by atoms with E-state index in [1.54, 1.807) is 0 Å². The Morgan fingerprint density at radius 1 is 0.833 bits per heavy atom. The summed E-state index contributed by atoms with van der Waals surface area (Å²) in [7, 11) is 0. The van der Waals surface area contributed by atoms with E-state index < -0.39 is 0 Å². The van der Waals surface area contributed by atoms with E-state index in [0.29, 0.717) is 19.1 Å². The first kappa shape index (κ1) is 16.8. The number of amides is 3. The van der Waals surface area contributed by atoms with Gasteiger partial charge in [-0.05, 0) is 37.8 Å². The minimum absolute atomic E-state index is 0.0465. The molecule has 3 amide bonds. The molecule has 1 aliphatic carbocycles. The molecule has 0 radical (unpaired) electrons. The zero-order chi connectivity index (χ0) is 16.8. The molecular weight excluding hydrogens is 302 g/mol. The van der Waals surface area contributed by atoms with Crippen molar-refractivity contribution in [2.24, 2.45) is 0 Å². The Morgan fingerprint density at radius 2 is 1.42 bits per heavy atom. The quantitative estimate of drug-likeness (QED) is 0.896. The Balaban J connectivity index is 1.41. The molecule has 2 aliphatic rings. The van der Waals surface area contributed by atoms with Gasteiger partial charge in [0.2, 0.25) is 0 Å². The lowest BCUT2D eigenvalue weighted by Gasteiger charge is -2.33. The fraction of sp³-hybridized carbons (Fsp3) is 0.579. The molecule has 1 aromatic carbocycles. The number of hydrogen-bond acceptors (Lipinski definition) is 2. The summed E-state index contributed by atoms with van der Waals surface area (Å²) in [6.07, 6.45) is 7.53. The first-order valence-corrected chi connectivity index (χ1v) is 9.14. The summed E-state index contributed by atoms with van der Waals surface area (Å²) < 4.78 is 0. The zero-order valence-corrected chi connectivity index (χ0v) is 14.2. The summed E-state index contributed by atoms with van der Waals surface area (Å²) in [5.74, 6) is 0.0840. The third-order valence-electron chi connectivity index (χ3n) is 5.08. The molecule has 1 saturated carbocycles. The Morgan fingerprint density at radius 3 is 2.04 bits per heavy atom. The van der Waals surface area contributed by atoms with Crippen LogP contribution in [0.3, 0.4) is 0 Å². The van der Waals surface area contributed by atoms with Gasteiger partial charge in [0, 0.05) is 30.7 Å². The van der Waals surface area contributed by atoms with E-state index in [-0.39, 0.29) is 18.0 Å². The fourth-order valence-corrected chi connectivity index (χ4v) is 3.65. The molecule has 0 unspecified atom stereocenters. The molecule has 130 valence electrons. The normalized spacial score (nSPS) is 19.8. The molecule has 0 atom stereocenters. The molecule has 1 aliphatic heterocycles. The van der Waals surface area contributed by atoms with Crippen molar-refractivity contribution in [2.45, 2.75) is 57.0 Å². The molecule has 2 N–H and O–H groups in total. The molecule has 1 saturated heterocycles. The standard InChI is InChI=1S/C19H27N3O2/c23-18(15-7-3-1-4-8-15)22-13-11-17(12-14-22)21-19(24)20-16-9-5-2-6-10-16/h1,3-4,7-8,16-17H,2,5-6,9-14H2,(H2,20,21,24). The first-order chi connectivity index (χ1) is 11.7. The largest absolute Gasteiger partial charge is 0.338 e. The summed E-state index contributed by atoms with van der Waals surface area (Å²) >= 11 is 0. The van der Waals surface area contributed by atoms with Crippen molar-refractivity contribution < 1.29 is 9.59 Å². The van der Waals surface area contributed by atoms with Gasteiger partial charge >= 0.3 is 6.03 Å². The molecule has 0 spiro atoms. The van der Waals surface area contributed by atoms with Crippen LogP contribution in [0.15, 0.2) is 30.3 Å². The van der Waals surface area contributed by atoms with Crippen LogP contribution in [-0.4, -0.2) is 42.0 Å². The Hall–Kier alpha value is -2.04. The van der Waals surface area contributed by atoms with Crippen molar-refractivity contribution >= 4 is 11.9 Å². The fourth-order valence-electron chi connectivity index (χ4n) is 3.65. The number of carbonyl (C=O) groups is 2. The van der Waals surface area contributed by atoms with Crippen molar-refractivity contribution in [3.8, 4) is 0 Å². The van der Waals surface area contributed by atoms with Crippen LogP contribution >= 0.6 is 0 Å². The second-order valence-corrected chi connectivity index (χ2v) is 6.89. The van der Waals surface area contributed by atoms with Crippen molar-refractivity contribution in [1.82, 2.24) is 15.5 Å². The summed E-state index contributed by atoms with van der Waals surface area (Å²) in [5.41, 5.74) is 0.735. The van der Waals surface area contributed by atoms with Crippen LogP contribution in [0.1, 0.15) is 55.3 Å². The average molecular weight is 329 g/mol. The molecular formula is C19H27N3O2. The molecule has 0 bridgehead atoms. The van der Waals surface area contributed by atoms with Gasteiger partial charge in [0.25, 0.3) is 5.91 Å². The number of nitrogens with zero attached hydrogens (tertiary/aromatic N) is 1. The number of benzene rings is 1. The zero-order valence-electron chi connectivity index (χ0n) is 14.2. The van der Waals surface area contributed by atoms with E-state index in [1.807, 2.05) is 35.2 Å². The minimum Gasteiger partial charge on any atom is -0.338 e. The highest BCUT2D eigenvalue weighted by Gasteiger charge is 2.25. The Labute approximate surface area is 143 Å². The van der Waals surface area contributed by atoms with Gasteiger partial charge in [0.1, 0.15) is 0 Å². The third-order valence-corrected chi connectivity index (χ3v) is 5.08. The second kappa shape index (κ2) is 8.18. The highest BCUT2D eigenvalue weighted by molar-refractivity contribution is 5.94. The van der Waals surface area contributed by atoms with E-state index >= 15 is 0 Å². The molecule has 0 aromatic heterocycles. The van der Waals surface area contributed by atoms with Crippen LogP contribution in [0.25, 0.3) is 0 Å². The van der Waals surface area contributed by atoms with Crippen LogP contribution in [0, 0.1) is 0 Å². The number of rotatable bonds is 3. The van der Waals surface area contributed by atoms with E-state index in [0.717, 1.165) is 31.2 Å². The summed E-state index contributed by atoms with van der Waals surface area (Å²) in [5, 5.41) is 6.17. The van der Waals surface area contributed by atoms with Gasteiger partial charge in [-0.15, -0.1) is 0 Å². The maximum absolute atomic E-state index is 12.4. The highest BCUT2D eigenvalue weighted by Crippen LogP contribution is 2.18. The van der Waals surface area contributed by atoms with E-state index in [1.165, 1.54) is 19.3 Å². The summed E-state index contributed by atoms with van der Waals surface area (Å²) in [6, 6.07) is 9.84. The smallest absolute Gasteiger partial charge is 0.315 e. The van der Waals surface area contributed by atoms with Crippen LogP contribution in [0.4, 0.5) is 4.79 Å². The minimum atomic E-state index is -0.0465. The van der Waals surface area contributed by atoms with Gasteiger partial charge in [-0.2, -0.15) is 0 Å². The lowest BCUT2D eigenvalue weighted by Crippen LogP contribution is -2.51. The number of hydrogen-bond donors (Lipinski definition) is 2. The Bertz CT molecular complexity index is 547. The molecule has 1 heterocycles. The molecule has 5 heteroatoms. The average Bonchev–Trinajstić information content (AvgIpc) is 2.63. The monoisotopic (exact) mass is 329 g/mol. The number of piperidine rings is 1. The maximum Gasteiger partial charge on any atom is 0.315 e. The van der Waals surface area contributed by atoms with Crippen molar-refractivity contribution in [2.75, 3.05) is 13.1 Å².